The number of thiazole rings is 1. The summed E-state index contributed by atoms with van der Waals surface area (Å²) in [4.78, 5) is 13.7. The van der Waals surface area contributed by atoms with Gasteiger partial charge in [0.25, 0.3) is 0 Å². The fourth-order valence-electron chi connectivity index (χ4n) is 0.453. The Kier molecular flexibility index (Phi) is 2.63. The molecule has 1 aromatic heterocycles. The highest BCUT2D eigenvalue weighted by molar-refractivity contribution is 7.13. The van der Waals surface area contributed by atoms with Gasteiger partial charge in [-0.3, -0.25) is 4.79 Å². The SMILES string of the molecule is O=C/C=C/Nc1nccs1. The molecule has 0 aliphatic carbocycles. The third-order valence-electron chi connectivity index (χ3n) is 0.814. The molecule has 1 N–H and O–H groups in total. The van der Waals surface area contributed by atoms with Crippen LogP contribution in [0.4, 0.5) is 5.13 Å². The summed E-state index contributed by atoms with van der Waals surface area (Å²) in [6.07, 6.45) is 5.33. The van der Waals surface area contributed by atoms with Gasteiger partial charge in [0, 0.05) is 17.8 Å². The van der Waals surface area contributed by atoms with Crippen molar-refractivity contribution in [3.8, 4) is 0 Å². The zero-order valence-corrected chi connectivity index (χ0v) is 5.97. The third kappa shape index (κ3) is 1.99. The Morgan fingerprint density at radius 1 is 1.70 bits per heavy atom. The fraction of sp³-hybridized carbons (Fsp3) is 0. The number of allylic oxidation sites excluding steroid dienone is 1. The molecule has 0 saturated heterocycles. The lowest BCUT2D eigenvalue weighted by Crippen LogP contribution is -1.84. The Labute approximate surface area is 62.4 Å². The van der Waals surface area contributed by atoms with Gasteiger partial charge in [-0.15, -0.1) is 11.3 Å². The number of nitrogens with one attached hydrogen (secondary N) is 1. The Balaban J connectivity index is 2.41. The molecule has 1 heterocycles. The van der Waals surface area contributed by atoms with Gasteiger partial charge in [0.1, 0.15) is 6.29 Å². The quantitative estimate of drug-likeness (QED) is 0.526. The largest absolute Gasteiger partial charge is 0.338 e. The van der Waals surface area contributed by atoms with Gasteiger partial charge in [0.15, 0.2) is 5.13 Å². The molecule has 0 saturated carbocycles. The van der Waals surface area contributed by atoms with Crippen molar-refractivity contribution in [2.45, 2.75) is 0 Å². The zero-order chi connectivity index (χ0) is 7.23. The van der Waals surface area contributed by atoms with Crippen LogP contribution in [-0.4, -0.2) is 11.3 Å². The number of aromatic nitrogens is 1. The lowest BCUT2D eigenvalue weighted by molar-refractivity contribution is -0.104. The molecular weight excluding hydrogens is 148 g/mol. The average molecular weight is 154 g/mol. The van der Waals surface area contributed by atoms with Crippen LogP contribution in [0, 0.1) is 0 Å². The van der Waals surface area contributed by atoms with E-state index in [0.29, 0.717) is 6.29 Å². The molecule has 52 valence electrons. The molecule has 0 fully saturated rings. The number of carbonyl (C=O) groups is 1. The van der Waals surface area contributed by atoms with Crippen molar-refractivity contribution in [2.24, 2.45) is 0 Å². The first-order valence-corrected chi connectivity index (χ1v) is 3.58. The van der Waals surface area contributed by atoms with Crippen LogP contribution in [0.25, 0.3) is 0 Å². The molecule has 0 aliphatic heterocycles. The molecule has 0 bridgehead atoms. The summed E-state index contributed by atoms with van der Waals surface area (Å²) in [7, 11) is 0. The highest BCUT2D eigenvalue weighted by Gasteiger charge is 1.85. The average Bonchev–Trinajstić information content (AvgIpc) is 2.41. The van der Waals surface area contributed by atoms with Crippen molar-refractivity contribution >= 4 is 22.8 Å². The first-order valence-electron chi connectivity index (χ1n) is 2.70. The number of carbonyl (C=O) groups excluding carboxylic acids is 1. The highest BCUT2D eigenvalue weighted by atomic mass is 32.1. The number of hydrogen-bond donors (Lipinski definition) is 1. The van der Waals surface area contributed by atoms with Gasteiger partial charge in [-0.2, -0.15) is 0 Å². The summed E-state index contributed by atoms with van der Waals surface area (Å²) in [6, 6.07) is 0. The molecule has 0 atom stereocenters. The molecule has 10 heavy (non-hydrogen) atoms. The van der Waals surface area contributed by atoms with Crippen LogP contribution in [-0.2, 0) is 4.79 Å². The van der Waals surface area contributed by atoms with Crippen molar-refractivity contribution in [1.82, 2.24) is 4.98 Å². The molecule has 0 unspecified atom stereocenters. The van der Waals surface area contributed by atoms with Crippen LogP contribution in [0.15, 0.2) is 23.9 Å². The lowest BCUT2D eigenvalue weighted by Gasteiger charge is -1.88. The molecule has 0 aliphatic rings. The monoisotopic (exact) mass is 154 g/mol. The Hall–Kier alpha value is -1.16. The van der Waals surface area contributed by atoms with Crippen molar-refractivity contribution in [2.75, 3.05) is 5.32 Å². The van der Waals surface area contributed by atoms with E-state index in [2.05, 4.69) is 10.3 Å². The van der Waals surface area contributed by atoms with Gasteiger partial charge in [-0.1, -0.05) is 0 Å². The van der Waals surface area contributed by atoms with Crippen molar-refractivity contribution in [3.63, 3.8) is 0 Å². The van der Waals surface area contributed by atoms with Crippen LogP contribution in [0.2, 0.25) is 0 Å². The number of anilines is 1. The minimum atomic E-state index is 0.709. The maximum Gasteiger partial charge on any atom is 0.186 e. The normalized spacial score (nSPS) is 10.0. The van der Waals surface area contributed by atoms with Crippen LogP contribution in [0.3, 0.4) is 0 Å². The summed E-state index contributed by atoms with van der Waals surface area (Å²) < 4.78 is 0. The van der Waals surface area contributed by atoms with Gasteiger partial charge >= 0.3 is 0 Å². The van der Waals surface area contributed by atoms with Gasteiger partial charge in [0.05, 0.1) is 0 Å². The molecule has 3 nitrogen and oxygen atoms in total. The summed E-state index contributed by atoms with van der Waals surface area (Å²) in [5.74, 6) is 0. The minimum absolute atomic E-state index is 0.709. The van der Waals surface area contributed by atoms with E-state index in [-0.39, 0.29) is 0 Å². The fourth-order valence-corrected chi connectivity index (χ4v) is 0.962. The van der Waals surface area contributed by atoms with E-state index in [4.69, 9.17) is 0 Å². The molecule has 0 amide bonds. The standard InChI is InChI=1S/C6H6N2OS/c9-4-1-2-7-6-8-3-5-10-6/h1-5H,(H,7,8)/b2-1+. The Bertz CT molecular complexity index is 218. The van der Waals surface area contributed by atoms with E-state index < -0.39 is 0 Å². The van der Waals surface area contributed by atoms with E-state index in [0.717, 1.165) is 5.13 Å². The second kappa shape index (κ2) is 3.79. The number of hydrogen-bond acceptors (Lipinski definition) is 4. The van der Waals surface area contributed by atoms with E-state index >= 15 is 0 Å². The van der Waals surface area contributed by atoms with Crippen LogP contribution < -0.4 is 5.32 Å². The molecule has 1 rings (SSSR count). The van der Waals surface area contributed by atoms with Gasteiger partial charge in [-0.25, -0.2) is 4.98 Å². The molecule has 1 aromatic rings. The smallest absolute Gasteiger partial charge is 0.186 e. The second-order valence-corrected chi connectivity index (χ2v) is 2.37. The first-order chi connectivity index (χ1) is 4.93. The molecule has 0 spiro atoms. The van der Waals surface area contributed by atoms with E-state index in [1.807, 2.05) is 5.38 Å². The van der Waals surface area contributed by atoms with Gasteiger partial charge < -0.3 is 5.32 Å². The Morgan fingerprint density at radius 2 is 2.60 bits per heavy atom. The lowest BCUT2D eigenvalue weighted by atomic mass is 10.7. The maximum atomic E-state index is 9.79. The number of aldehydes is 1. The van der Waals surface area contributed by atoms with Crippen molar-refractivity contribution < 1.29 is 4.79 Å². The predicted molar refractivity (Wildman–Crippen MR) is 40.9 cm³/mol. The topological polar surface area (TPSA) is 42.0 Å². The summed E-state index contributed by atoms with van der Waals surface area (Å²) in [6.45, 7) is 0. The van der Waals surface area contributed by atoms with E-state index in [1.165, 1.54) is 17.4 Å². The minimum Gasteiger partial charge on any atom is -0.338 e. The molecule has 0 aromatic carbocycles. The van der Waals surface area contributed by atoms with Crippen molar-refractivity contribution in [3.05, 3.63) is 23.9 Å². The van der Waals surface area contributed by atoms with Crippen molar-refractivity contribution in [1.29, 1.82) is 0 Å². The second-order valence-electron chi connectivity index (χ2n) is 1.48. The summed E-state index contributed by atoms with van der Waals surface area (Å²) >= 11 is 1.48. The van der Waals surface area contributed by atoms with Crippen LogP contribution in [0.1, 0.15) is 0 Å². The molecule has 4 heteroatoms. The van der Waals surface area contributed by atoms with E-state index in [1.54, 1.807) is 12.4 Å². The number of rotatable bonds is 3. The number of nitrogens with zero attached hydrogens (tertiary/aromatic N) is 1. The Morgan fingerprint density at radius 3 is 3.20 bits per heavy atom. The molecule has 0 radical (unpaired) electrons. The predicted octanol–water partition coefficient (Wildman–Crippen LogP) is 1.27. The highest BCUT2D eigenvalue weighted by Crippen LogP contribution is 2.09. The summed E-state index contributed by atoms with van der Waals surface area (Å²) in [5, 5.41) is 5.47. The van der Waals surface area contributed by atoms with Gasteiger partial charge in [0.2, 0.25) is 0 Å². The van der Waals surface area contributed by atoms with Crippen LogP contribution >= 0.6 is 11.3 Å². The molecular formula is C6H6N2OS. The van der Waals surface area contributed by atoms with Crippen LogP contribution in [0.5, 0.6) is 0 Å². The first kappa shape index (κ1) is 6.95. The summed E-state index contributed by atoms with van der Waals surface area (Å²) in [5.41, 5.74) is 0. The van der Waals surface area contributed by atoms with Gasteiger partial charge in [-0.05, 0) is 6.08 Å². The maximum absolute atomic E-state index is 9.79. The zero-order valence-electron chi connectivity index (χ0n) is 5.15. The van der Waals surface area contributed by atoms with E-state index in [9.17, 15) is 4.79 Å². The third-order valence-corrected chi connectivity index (χ3v) is 1.52.